The quantitative estimate of drug-likeness (QED) is 0.0370. The molecule has 0 radical (unpaired) electrons. The van der Waals surface area contributed by atoms with E-state index in [-0.39, 0.29) is 29.5 Å². The van der Waals surface area contributed by atoms with Gasteiger partial charge >= 0.3 is 0 Å². The first kappa shape index (κ1) is 67.4. The number of hydrogen-bond acceptors (Lipinski definition) is 16. The summed E-state index contributed by atoms with van der Waals surface area (Å²) in [6, 6.07) is 30.0. The van der Waals surface area contributed by atoms with E-state index in [0.717, 1.165) is 99.2 Å². The van der Waals surface area contributed by atoms with Crippen molar-refractivity contribution in [3.8, 4) is 45.0 Å². The molecule has 1 aliphatic rings. The number of nitrogens with zero attached hydrogens (tertiary/aromatic N) is 8. The number of anilines is 8. The van der Waals surface area contributed by atoms with Gasteiger partial charge in [-0.3, -0.25) is 19.2 Å². The van der Waals surface area contributed by atoms with Crippen molar-refractivity contribution < 1.29 is 19.2 Å². The molecule has 0 spiro atoms. The number of benzene rings is 4. The lowest BCUT2D eigenvalue weighted by atomic mass is 9.87. The number of rotatable bonds is 18. The number of hydrogen-bond donors (Lipinski definition) is 8. The van der Waals surface area contributed by atoms with Crippen LogP contribution in [0.5, 0.6) is 0 Å². The first-order valence-electron chi connectivity index (χ1n) is 30.3. The summed E-state index contributed by atoms with van der Waals surface area (Å²) >= 11 is 0. The summed E-state index contributed by atoms with van der Waals surface area (Å²) in [5, 5.41) is 11.4. The van der Waals surface area contributed by atoms with Crippen LogP contribution < -0.4 is 44.2 Å². The number of aryl methyl sites for hydroxylation is 4. The molecule has 12 N–H and O–H groups in total. The van der Waals surface area contributed by atoms with E-state index in [1.165, 1.54) is 26.2 Å². The van der Waals surface area contributed by atoms with Gasteiger partial charge in [0.1, 0.15) is 0 Å². The van der Waals surface area contributed by atoms with Crippen LogP contribution in [0.15, 0.2) is 122 Å². The third-order valence-electron chi connectivity index (χ3n) is 14.4. The number of nitrogens with two attached hydrogens (primary N) is 4. The molecule has 1 unspecified atom stereocenters. The summed E-state index contributed by atoms with van der Waals surface area (Å²) in [4.78, 5) is 83.2. The summed E-state index contributed by atoms with van der Waals surface area (Å²) < 4.78 is 0. The number of nitrogen functional groups attached to an aromatic ring is 4. The Morgan fingerprint density at radius 3 is 1.05 bits per heavy atom. The lowest BCUT2D eigenvalue weighted by Gasteiger charge is -2.21. The van der Waals surface area contributed by atoms with Crippen molar-refractivity contribution in [1.82, 2.24) is 39.9 Å². The summed E-state index contributed by atoms with van der Waals surface area (Å²) in [6.07, 6.45) is 17.5. The second kappa shape index (κ2) is 33.8. The summed E-state index contributed by atoms with van der Waals surface area (Å²) in [5.41, 5.74) is 35.7. The Hall–Kier alpha value is -9.72. The molecule has 1 aliphatic carbocycles. The van der Waals surface area contributed by atoms with Gasteiger partial charge in [0.25, 0.3) is 0 Å². The van der Waals surface area contributed by atoms with Crippen LogP contribution >= 0.6 is 0 Å². The van der Waals surface area contributed by atoms with Crippen molar-refractivity contribution >= 4 is 69.6 Å². The Morgan fingerprint density at radius 2 is 0.750 bits per heavy atom. The number of amides is 4. The fraction of sp³-hybridized carbons (Fsp3) is 0.353. The van der Waals surface area contributed by atoms with E-state index in [9.17, 15) is 19.2 Å². The van der Waals surface area contributed by atoms with Gasteiger partial charge in [-0.1, -0.05) is 123 Å². The van der Waals surface area contributed by atoms with Gasteiger partial charge in [-0.05, 0) is 105 Å². The van der Waals surface area contributed by atoms with Gasteiger partial charge in [0.2, 0.25) is 23.6 Å². The highest BCUT2D eigenvalue weighted by Gasteiger charge is 2.20. The Bertz CT molecular complexity index is 3560. The van der Waals surface area contributed by atoms with E-state index >= 15 is 0 Å². The second-order valence-electron chi connectivity index (χ2n) is 22.0. The van der Waals surface area contributed by atoms with E-state index in [1.807, 2.05) is 152 Å². The Morgan fingerprint density at radius 1 is 0.443 bits per heavy atom. The molecule has 20 nitrogen and oxygen atoms in total. The van der Waals surface area contributed by atoms with Crippen molar-refractivity contribution in [2.45, 2.75) is 139 Å². The van der Waals surface area contributed by atoms with Crippen LogP contribution in [0.25, 0.3) is 45.0 Å². The van der Waals surface area contributed by atoms with E-state index < -0.39 is 0 Å². The zero-order chi connectivity index (χ0) is 63.7. The molecule has 0 bridgehead atoms. The molecule has 4 amide bonds. The largest absolute Gasteiger partial charge is 0.399 e. The standard InChI is InChI=1S/C20H26N4O.2C17H22N4O.C14H16N4O/c1-2-17-20(24-19(25)12-14-6-4-3-5-7-14)22-13-18(23-17)15-8-10-16(21)11-9-15;1-4-14-17(21-16(22)9-11(2)3)19-10-15(20-14)12-5-7-13(18)8-6-12;1-4-11(3)17(22)21-16-14(5-2)20-15(10-19-16)12-6-8-13(18)9-7-12;1-3-12-14(17-9(2)19)16-8-13(18-12)10-4-6-11(15)7-5-10/h8-11,13-14H,2-7,12,21H2,1H3,(H,22,24,25);5-8,10-11H,4,9,18H2,1-3H3,(H,19,21,22);6-11H,4-5,18H2,1-3H3,(H,19,21,22);4-8H,3,15H2,1-2H3,(H,16,17,19). The van der Waals surface area contributed by atoms with Gasteiger partial charge in [0, 0.05) is 70.7 Å². The van der Waals surface area contributed by atoms with Crippen LogP contribution in [-0.4, -0.2) is 63.5 Å². The minimum atomic E-state index is -0.149. The molecule has 20 heteroatoms. The maximum Gasteiger partial charge on any atom is 0.228 e. The van der Waals surface area contributed by atoms with Crippen LogP contribution in [0.1, 0.15) is 136 Å². The minimum Gasteiger partial charge on any atom is -0.399 e. The van der Waals surface area contributed by atoms with Gasteiger partial charge in [-0.2, -0.15) is 0 Å². The van der Waals surface area contributed by atoms with E-state index in [0.29, 0.717) is 84.3 Å². The highest BCUT2D eigenvalue weighted by Crippen LogP contribution is 2.29. The Labute approximate surface area is 517 Å². The average molecular weight is 1190 g/mol. The zero-order valence-electron chi connectivity index (χ0n) is 52.3. The lowest BCUT2D eigenvalue weighted by Crippen LogP contribution is -2.21. The SMILES string of the molecule is CCc1nc(-c2ccc(N)cc2)cnc1NC(=O)C(C)CC.CCc1nc(-c2ccc(N)cc2)cnc1NC(=O)CC(C)C.CCc1nc(-c2ccc(N)cc2)cnc1NC(=O)CC1CCCCC1.CCc1nc(-c2ccc(N)cc2)cnc1NC(C)=O. The van der Waals surface area contributed by atoms with E-state index in [1.54, 1.807) is 24.8 Å². The molecule has 1 fully saturated rings. The topological polar surface area (TPSA) is 324 Å². The number of aromatic nitrogens is 8. The third kappa shape index (κ3) is 20.8. The number of carbonyl (C=O) groups excluding carboxylic acids is 4. The molecule has 1 saturated carbocycles. The third-order valence-corrected chi connectivity index (χ3v) is 14.4. The number of nitrogens with one attached hydrogen (secondary N) is 4. The van der Waals surface area contributed by atoms with Crippen LogP contribution in [-0.2, 0) is 44.9 Å². The Balaban J connectivity index is 0.000000188. The zero-order valence-corrected chi connectivity index (χ0v) is 52.3. The molecule has 8 aromatic rings. The smallest absolute Gasteiger partial charge is 0.228 e. The first-order valence-corrected chi connectivity index (χ1v) is 30.3. The number of carbonyl (C=O) groups is 4. The monoisotopic (exact) mass is 1190 g/mol. The van der Waals surface area contributed by atoms with Crippen LogP contribution in [0.2, 0.25) is 0 Å². The van der Waals surface area contributed by atoms with Gasteiger partial charge in [0.05, 0.1) is 70.3 Å². The predicted octanol–water partition coefficient (Wildman–Crippen LogP) is 13.0. The molecule has 462 valence electrons. The molecule has 9 rings (SSSR count). The van der Waals surface area contributed by atoms with Crippen LogP contribution in [0.3, 0.4) is 0 Å². The van der Waals surface area contributed by atoms with Crippen LogP contribution in [0, 0.1) is 17.8 Å². The maximum absolute atomic E-state index is 12.3. The fourth-order valence-electron chi connectivity index (χ4n) is 9.27. The normalized spacial score (nSPS) is 12.2. The van der Waals surface area contributed by atoms with E-state index in [4.69, 9.17) is 22.9 Å². The van der Waals surface area contributed by atoms with Crippen LogP contribution in [0.4, 0.5) is 46.0 Å². The lowest BCUT2D eigenvalue weighted by molar-refractivity contribution is -0.119. The molecule has 4 aromatic carbocycles. The molecule has 1 atom stereocenters. The molecule has 88 heavy (non-hydrogen) atoms. The molecule has 0 aliphatic heterocycles. The van der Waals surface area contributed by atoms with Crippen molar-refractivity contribution in [2.24, 2.45) is 17.8 Å². The van der Waals surface area contributed by atoms with Crippen molar-refractivity contribution in [3.05, 3.63) is 145 Å². The maximum atomic E-state index is 12.3. The summed E-state index contributed by atoms with van der Waals surface area (Å²) in [5.74, 6) is 2.85. The Kier molecular flexibility index (Phi) is 25.9. The van der Waals surface area contributed by atoms with Gasteiger partial charge < -0.3 is 44.2 Å². The van der Waals surface area contributed by atoms with Crippen molar-refractivity contribution in [3.63, 3.8) is 0 Å². The van der Waals surface area contributed by atoms with E-state index in [2.05, 4.69) is 61.1 Å². The molecular formula is C68H86N16O4. The fourth-order valence-corrected chi connectivity index (χ4v) is 9.27. The second-order valence-corrected chi connectivity index (χ2v) is 22.0. The minimum absolute atomic E-state index is 0.0215. The first-order chi connectivity index (χ1) is 42.3. The predicted molar refractivity (Wildman–Crippen MR) is 355 cm³/mol. The molecule has 4 aromatic heterocycles. The van der Waals surface area contributed by atoms with Gasteiger partial charge in [-0.15, -0.1) is 0 Å². The highest BCUT2D eigenvalue weighted by molar-refractivity contribution is 5.93. The van der Waals surface area contributed by atoms with Gasteiger partial charge in [0.15, 0.2) is 23.3 Å². The van der Waals surface area contributed by atoms with Crippen molar-refractivity contribution in [1.29, 1.82) is 0 Å². The summed E-state index contributed by atoms with van der Waals surface area (Å²) in [6.45, 7) is 17.3. The molecule has 4 heterocycles. The molecule has 0 saturated heterocycles. The molecular weight excluding hydrogens is 1100 g/mol. The average Bonchev–Trinajstić information content (AvgIpc) is 3.63. The summed E-state index contributed by atoms with van der Waals surface area (Å²) in [7, 11) is 0. The van der Waals surface area contributed by atoms with Gasteiger partial charge in [-0.25, -0.2) is 39.9 Å². The van der Waals surface area contributed by atoms with Crippen molar-refractivity contribution in [2.75, 3.05) is 44.2 Å². The highest BCUT2D eigenvalue weighted by atomic mass is 16.2.